The van der Waals surface area contributed by atoms with E-state index in [-0.39, 0.29) is 16.4 Å². The number of anilines is 1. The minimum atomic E-state index is -0.604. The average molecular weight is 346 g/mol. The van der Waals surface area contributed by atoms with Gasteiger partial charge in [0.1, 0.15) is 11.6 Å². The van der Waals surface area contributed by atoms with Crippen molar-refractivity contribution in [3.8, 4) is 5.69 Å². The standard InChI is InChI=1S/C16H13ClFN5O/c17-12-6-11(15(19)24)8-22-16(12)21-7-10-1-2-14(13(18)5-10)23-4-3-20-9-23/h1-6,8-9H,7H2,(H2,19,24)(H,21,22). The molecular formula is C16H13ClFN5O. The summed E-state index contributed by atoms with van der Waals surface area (Å²) in [6.45, 7) is 0.323. The maximum Gasteiger partial charge on any atom is 0.250 e. The molecule has 3 N–H and O–H groups in total. The van der Waals surface area contributed by atoms with E-state index in [0.29, 0.717) is 23.6 Å². The van der Waals surface area contributed by atoms with Gasteiger partial charge in [-0.3, -0.25) is 4.79 Å². The Bertz CT molecular complexity index is 882. The first-order chi connectivity index (χ1) is 11.5. The molecule has 0 spiro atoms. The van der Waals surface area contributed by atoms with Gasteiger partial charge in [0, 0.05) is 25.1 Å². The van der Waals surface area contributed by atoms with E-state index >= 15 is 0 Å². The highest BCUT2D eigenvalue weighted by Crippen LogP contribution is 2.21. The van der Waals surface area contributed by atoms with Crippen LogP contribution in [0.2, 0.25) is 5.02 Å². The van der Waals surface area contributed by atoms with E-state index in [1.165, 1.54) is 24.7 Å². The molecule has 0 unspecified atom stereocenters. The molecule has 6 nitrogen and oxygen atoms in total. The Hall–Kier alpha value is -2.93. The Labute approximate surface area is 142 Å². The van der Waals surface area contributed by atoms with Crippen LogP contribution in [0.5, 0.6) is 0 Å². The Kier molecular flexibility index (Phi) is 4.43. The van der Waals surface area contributed by atoms with Crippen molar-refractivity contribution in [3.63, 3.8) is 0 Å². The van der Waals surface area contributed by atoms with E-state index in [2.05, 4.69) is 15.3 Å². The molecule has 8 heteroatoms. The molecule has 0 aliphatic heterocycles. The number of halogens is 2. The molecular weight excluding hydrogens is 333 g/mol. The second kappa shape index (κ2) is 6.67. The van der Waals surface area contributed by atoms with Crippen LogP contribution in [-0.2, 0) is 6.54 Å². The highest BCUT2D eigenvalue weighted by molar-refractivity contribution is 6.33. The molecule has 1 amide bonds. The van der Waals surface area contributed by atoms with Gasteiger partial charge in [-0.25, -0.2) is 14.4 Å². The first-order valence-electron chi connectivity index (χ1n) is 7.00. The van der Waals surface area contributed by atoms with Crippen LogP contribution in [0.1, 0.15) is 15.9 Å². The van der Waals surface area contributed by atoms with Gasteiger partial charge in [-0.05, 0) is 23.8 Å². The van der Waals surface area contributed by atoms with E-state index in [4.69, 9.17) is 17.3 Å². The number of nitrogens with two attached hydrogens (primary N) is 1. The van der Waals surface area contributed by atoms with Crippen LogP contribution in [0.3, 0.4) is 0 Å². The zero-order valence-corrected chi connectivity index (χ0v) is 13.2. The molecule has 0 aliphatic rings. The lowest BCUT2D eigenvalue weighted by Gasteiger charge is -2.10. The van der Waals surface area contributed by atoms with Crippen LogP contribution in [0.15, 0.2) is 49.2 Å². The zero-order chi connectivity index (χ0) is 17.1. The zero-order valence-electron chi connectivity index (χ0n) is 12.4. The maximum absolute atomic E-state index is 14.2. The number of nitrogens with zero attached hydrogens (tertiary/aromatic N) is 3. The van der Waals surface area contributed by atoms with Gasteiger partial charge in [0.2, 0.25) is 5.91 Å². The fourth-order valence-corrected chi connectivity index (χ4v) is 2.39. The van der Waals surface area contributed by atoms with Crippen molar-refractivity contribution in [1.82, 2.24) is 14.5 Å². The number of carbonyl (C=O) groups excluding carboxylic acids is 1. The van der Waals surface area contributed by atoms with Gasteiger partial charge < -0.3 is 15.6 Å². The van der Waals surface area contributed by atoms with Crippen molar-refractivity contribution in [2.75, 3.05) is 5.32 Å². The van der Waals surface area contributed by atoms with Gasteiger partial charge in [0.05, 0.1) is 22.6 Å². The summed E-state index contributed by atoms with van der Waals surface area (Å²) < 4.78 is 15.8. The van der Waals surface area contributed by atoms with Crippen molar-refractivity contribution in [1.29, 1.82) is 0 Å². The molecule has 122 valence electrons. The predicted molar refractivity (Wildman–Crippen MR) is 88.6 cm³/mol. The maximum atomic E-state index is 14.2. The number of imidazole rings is 1. The number of hydrogen-bond acceptors (Lipinski definition) is 4. The summed E-state index contributed by atoms with van der Waals surface area (Å²) in [5.74, 6) is -0.579. The smallest absolute Gasteiger partial charge is 0.250 e. The van der Waals surface area contributed by atoms with Gasteiger partial charge in [0.15, 0.2) is 0 Å². The molecule has 3 aromatic rings. The third-order valence-electron chi connectivity index (χ3n) is 3.38. The van der Waals surface area contributed by atoms with Crippen LogP contribution in [-0.4, -0.2) is 20.4 Å². The average Bonchev–Trinajstić information content (AvgIpc) is 3.07. The summed E-state index contributed by atoms with van der Waals surface area (Å²) in [7, 11) is 0. The lowest BCUT2D eigenvalue weighted by atomic mass is 10.2. The summed E-state index contributed by atoms with van der Waals surface area (Å²) in [5.41, 5.74) is 6.52. The minimum absolute atomic E-state index is 0.223. The molecule has 1 aromatic carbocycles. The first kappa shape index (κ1) is 15.9. The van der Waals surface area contributed by atoms with Gasteiger partial charge >= 0.3 is 0 Å². The SMILES string of the molecule is NC(=O)c1cnc(NCc2ccc(-n3ccnc3)c(F)c2)c(Cl)c1. The number of rotatable bonds is 5. The Morgan fingerprint density at radius 2 is 2.21 bits per heavy atom. The number of hydrogen-bond donors (Lipinski definition) is 2. The summed E-state index contributed by atoms with van der Waals surface area (Å²) in [4.78, 5) is 19.0. The molecule has 0 bridgehead atoms. The van der Waals surface area contributed by atoms with Gasteiger partial charge in [-0.1, -0.05) is 17.7 Å². The number of primary amides is 1. The lowest BCUT2D eigenvalue weighted by molar-refractivity contribution is 0.1000. The molecule has 0 saturated heterocycles. The summed E-state index contributed by atoms with van der Waals surface area (Å²) in [6.07, 6.45) is 6.11. The predicted octanol–water partition coefficient (Wildman–Crippen LogP) is 2.77. The largest absolute Gasteiger partial charge is 0.366 e. The Morgan fingerprint density at radius 3 is 2.83 bits per heavy atom. The molecule has 0 saturated carbocycles. The highest BCUT2D eigenvalue weighted by Gasteiger charge is 2.09. The number of nitrogens with one attached hydrogen (secondary N) is 1. The molecule has 2 aromatic heterocycles. The topological polar surface area (TPSA) is 85.8 Å². The molecule has 0 aliphatic carbocycles. The fraction of sp³-hybridized carbons (Fsp3) is 0.0625. The molecule has 24 heavy (non-hydrogen) atoms. The molecule has 0 radical (unpaired) electrons. The molecule has 0 fully saturated rings. The van der Waals surface area contributed by atoms with E-state index in [1.807, 2.05) is 0 Å². The van der Waals surface area contributed by atoms with E-state index < -0.39 is 5.91 Å². The van der Waals surface area contributed by atoms with Crippen LogP contribution < -0.4 is 11.1 Å². The highest BCUT2D eigenvalue weighted by atomic mass is 35.5. The fourth-order valence-electron chi connectivity index (χ4n) is 2.16. The summed E-state index contributed by atoms with van der Waals surface area (Å²) in [6, 6.07) is 6.31. The van der Waals surface area contributed by atoms with E-state index in [1.54, 1.807) is 29.1 Å². The van der Waals surface area contributed by atoms with Crippen LogP contribution in [0, 0.1) is 5.82 Å². The quantitative estimate of drug-likeness (QED) is 0.744. The van der Waals surface area contributed by atoms with E-state index in [0.717, 1.165) is 0 Å². The third-order valence-corrected chi connectivity index (χ3v) is 3.67. The first-order valence-corrected chi connectivity index (χ1v) is 7.38. The number of pyridine rings is 1. The number of carbonyl (C=O) groups is 1. The molecule has 3 rings (SSSR count). The van der Waals surface area contributed by atoms with Crippen LogP contribution >= 0.6 is 11.6 Å². The monoisotopic (exact) mass is 345 g/mol. The van der Waals surface area contributed by atoms with Crippen molar-refractivity contribution < 1.29 is 9.18 Å². The van der Waals surface area contributed by atoms with Crippen molar-refractivity contribution in [2.24, 2.45) is 5.73 Å². The van der Waals surface area contributed by atoms with Gasteiger partial charge in [-0.2, -0.15) is 0 Å². The Morgan fingerprint density at radius 1 is 1.38 bits per heavy atom. The second-order valence-corrected chi connectivity index (χ2v) is 5.44. The minimum Gasteiger partial charge on any atom is -0.366 e. The van der Waals surface area contributed by atoms with Crippen LogP contribution in [0.25, 0.3) is 5.69 Å². The Balaban J connectivity index is 1.73. The number of aromatic nitrogens is 3. The molecule has 0 atom stereocenters. The van der Waals surface area contributed by atoms with Gasteiger partial charge in [-0.15, -0.1) is 0 Å². The van der Waals surface area contributed by atoms with Crippen molar-refractivity contribution in [2.45, 2.75) is 6.54 Å². The normalized spacial score (nSPS) is 10.6. The second-order valence-electron chi connectivity index (χ2n) is 5.03. The van der Waals surface area contributed by atoms with Crippen molar-refractivity contribution in [3.05, 3.63) is 71.2 Å². The third kappa shape index (κ3) is 3.36. The van der Waals surface area contributed by atoms with Gasteiger partial charge in [0.25, 0.3) is 0 Å². The number of amides is 1. The lowest BCUT2D eigenvalue weighted by Crippen LogP contribution is -2.12. The van der Waals surface area contributed by atoms with E-state index in [9.17, 15) is 9.18 Å². The summed E-state index contributed by atoms with van der Waals surface area (Å²) >= 11 is 6.05. The van der Waals surface area contributed by atoms with Crippen molar-refractivity contribution >= 4 is 23.3 Å². The van der Waals surface area contributed by atoms with Crippen LogP contribution in [0.4, 0.5) is 10.2 Å². The summed E-state index contributed by atoms with van der Waals surface area (Å²) in [5, 5.41) is 3.26. The molecule has 2 heterocycles. The number of benzene rings is 1.